The van der Waals surface area contributed by atoms with E-state index in [0.717, 1.165) is 5.56 Å². The van der Waals surface area contributed by atoms with Crippen molar-refractivity contribution < 1.29 is 14.4 Å². The molecule has 2 atom stereocenters. The third-order valence-electron chi connectivity index (χ3n) is 6.59. The van der Waals surface area contributed by atoms with Gasteiger partial charge in [0.1, 0.15) is 11.9 Å². The molecule has 2 aliphatic rings. The van der Waals surface area contributed by atoms with Crippen molar-refractivity contribution in [3.8, 4) is 0 Å². The van der Waals surface area contributed by atoms with Crippen LogP contribution in [0.5, 0.6) is 0 Å². The Balaban J connectivity index is 1.33. The number of hydrogen-bond acceptors (Lipinski definition) is 6. The quantitative estimate of drug-likeness (QED) is 0.366. The fraction of sp³-hybridized carbons (Fsp3) is 0.233. The van der Waals surface area contributed by atoms with Gasteiger partial charge in [-0.05, 0) is 54.8 Å². The summed E-state index contributed by atoms with van der Waals surface area (Å²) in [5.41, 5.74) is 3.12. The van der Waals surface area contributed by atoms with E-state index >= 15 is 0 Å². The number of carbonyl (C=O) groups excluding carboxylic acids is 3. The number of anilines is 1. The first-order valence-electron chi connectivity index (χ1n) is 13.1. The van der Waals surface area contributed by atoms with Crippen molar-refractivity contribution in [3.63, 3.8) is 0 Å². The lowest BCUT2D eigenvalue weighted by Gasteiger charge is -2.32. The van der Waals surface area contributed by atoms with Gasteiger partial charge in [0.05, 0.1) is 17.4 Å². The van der Waals surface area contributed by atoms with Crippen LogP contribution >= 0.6 is 23.4 Å². The maximum atomic E-state index is 13.2. The minimum atomic E-state index is -0.844. The molecule has 0 aliphatic carbocycles. The number of rotatable bonds is 9. The standard InChI is InChI=1S/C30H28ClN5O3S/c1-2-25(29(39)33-21-14-12-20(31)13-15-21)40-30-34-23-11-7-6-10-22(23)27-35-28(38)24(36(27)30)18-26(37)32-17-16-19-8-4-3-5-9-19/h3-15,24-25H,2,16-18H2,1H3,(H,32,37)(H,33,39). The van der Waals surface area contributed by atoms with Gasteiger partial charge in [0.2, 0.25) is 11.8 Å². The topological polar surface area (TPSA) is 103 Å². The maximum absolute atomic E-state index is 13.2. The van der Waals surface area contributed by atoms with Crippen LogP contribution in [0.4, 0.5) is 11.4 Å². The second kappa shape index (κ2) is 12.5. The predicted molar refractivity (Wildman–Crippen MR) is 160 cm³/mol. The number of nitrogens with one attached hydrogen (secondary N) is 2. The predicted octanol–water partition coefficient (Wildman–Crippen LogP) is 5.20. The number of fused-ring (bicyclic) bond motifs is 3. The number of carbonyl (C=O) groups is 3. The summed E-state index contributed by atoms with van der Waals surface area (Å²) in [5.74, 6) is -0.401. The number of amidine groups is 2. The van der Waals surface area contributed by atoms with Crippen molar-refractivity contribution in [2.45, 2.75) is 37.5 Å². The molecule has 0 radical (unpaired) electrons. The number of aliphatic imine (C=N–C) groups is 2. The van der Waals surface area contributed by atoms with E-state index in [1.54, 1.807) is 29.2 Å². The van der Waals surface area contributed by atoms with Crippen molar-refractivity contribution in [2.75, 3.05) is 11.9 Å². The first kappa shape index (κ1) is 27.6. The summed E-state index contributed by atoms with van der Waals surface area (Å²) in [6, 6.07) is 23.3. The first-order valence-corrected chi connectivity index (χ1v) is 14.3. The summed E-state index contributed by atoms with van der Waals surface area (Å²) in [4.78, 5) is 50.1. The molecule has 0 spiro atoms. The maximum Gasteiger partial charge on any atom is 0.271 e. The molecule has 0 aromatic heterocycles. The SMILES string of the molecule is CCC(SC1=Nc2ccccc2C2=NC(=O)C(CC(=O)NCCc3ccccc3)N12)C(=O)Nc1ccc(Cl)cc1. The van der Waals surface area contributed by atoms with Crippen LogP contribution in [-0.2, 0) is 20.8 Å². The number of benzene rings is 3. The largest absolute Gasteiger partial charge is 0.356 e. The molecular weight excluding hydrogens is 546 g/mol. The molecule has 5 rings (SSSR count). The van der Waals surface area contributed by atoms with Gasteiger partial charge >= 0.3 is 0 Å². The molecule has 3 amide bonds. The summed E-state index contributed by atoms with van der Waals surface area (Å²) < 4.78 is 0. The van der Waals surface area contributed by atoms with Gasteiger partial charge in [-0.25, -0.2) is 4.99 Å². The fourth-order valence-corrected chi connectivity index (χ4v) is 5.72. The van der Waals surface area contributed by atoms with Crippen LogP contribution in [0.1, 0.15) is 30.9 Å². The Morgan fingerprint density at radius 2 is 1.73 bits per heavy atom. The minimum absolute atomic E-state index is 0.0733. The second-order valence-corrected chi connectivity index (χ2v) is 11.0. The Labute approximate surface area is 241 Å². The molecule has 2 aliphatic heterocycles. The normalized spacial score (nSPS) is 16.4. The molecule has 8 nitrogen and oxygen atoms in total. The van der Waals surface area contributed by atoms with E-state index in [0.29, 0.717) is 52.4 Å². The summed E-state index contributed by atoms with van der Waals surface area (Å²) >= 11 is 7.23. The van der Waals surface area contributed by atoms with Crippen LogP contribution in [0, 0.1) is 0 Å². The first-order chi connectivity index (χ1) is 19.4. The Bertz CT molecular complexity index is 1480. The Morgan fingerprint density at radius 3 is 2.48 bits per heavy atom. The number of halogens is 1. The van der Waals surface area contributed by atoms with Gasteiger partial charge in [-0.2, -0.15) is 4.99 Å². The van der Waals surface area contributed by atoms with Crippen LogP contribution in [0.15, 0.2) is 88.8 Å². The minimum Gasteiger partial charge on any atom is -0.356 e. The lowest BCUT2D eigenvalue weighted by molar-refractivity contribution is -0.126. The van der Waals surface area contributed by atoms with E-state index < -0.39 is 17.2 Å². The monoisotopic (exact) mass is 573 g/mol. The van der Waals surface area contributed by atoms with Crippen LogP contribution in [-0.4, -0.2) is 51.5 Å². The molecule has 0 saturated heterocycles. The molecule has 3 aromatic carbocycles. The van der Waals surface area contributed by atoms with E-state index in [1.807, 2.05) is 61.5 Å². The molecule has 0 saturated carbocycles. The zero-order chi connectivity index (χ0) is 28.1. The van der Waals surface area contributed by atoms with Crippen molar-refractivity contribution >= 4 is 63.5 Å². The molecule has 2 N–H and O–H groups in total. The highest BCUT2D eigenvalue weighted by atomic mass is 35.5. The highest BCUT2D eigenvalue weighted by molar-refractivity contribution is 8.15. The van der Waals surface area contributed by atoms with Gasteiger partial charge in [0.25, 0.3) is 5.91 Å². The number of para-hydroxylation sites is 1. The van der Waals surface area contributed by atoms with Crippen molar-refractivity contribution in [3.05, 3.63) is 95.0 Å². The average molecular weight is 574 g/mol. The highest BCUT2D eigenvalue weighted by Crippen LogP contribution is 2.36. The summed E-state index contributed by atoms with van der Waals surface area (Å²) in [7, 11) is 0. The van der Waals surface area contributed by atoms with Crippen molar-refractivity contribution in [1.82, 2.24) is 10.2 Å². The zero-order valence-corrected chi connectivity index (χ0v) is 23.4. The number of thioether (sulfide) groups is 1. The van der Waals surface area contributed by atoms with Gasteiger partial charge < -0.3 is 10.6 Å². The zero-order valence-electron chi connectivity index (χ0n) is 21.8. The number of hydrogen-bond donors (Lipinski definition) is 2. The van der Waals surface area contributed by atoms with E-state index in [9.17, 15) is 14.4 Å². The van der Waals surface area contributed by atoms with Crippen LogP contribution in [0.2, 0.25) is 5.02 Å². The van der Waals surface area contributed by atoms with E-state index in [-0.39, 0.29) is 18.2 Å². The van der Waals surface area contributed by atoms with Gasteiger partial charge in [0, 0.05) is 22.8 Å². The molecule has 0 bridgehead atoms. The Morgan fingerprint density at radius 1 is 1.00 bits per heavy atom. The molecule has 0 fully saturated rings. The van der Waals surface area contributed by atoms with Crippen molar-refractivity contribution in [1.29, 1.82) is 0 Å². The van der Waals surface area contributed by atoms with E-state index in [4.69, 9.17) is 16.6 Å². The van der Waals surface area contributed by atoms with Crippen LogP contribution in [0.3, 0.4) is 0 Å². The fourth-order valence-electron chi connectivity index (χ4n) is 4.53. The van der Waals surface area contributed by atoms with Crippen LogP contribution in [0.25, 0.3) is 0 Å². The van der Waals surface area contributed by atoms with E-state index in [2.05, 4.69) is 15.6 Å². The third-order valence-corrected chi connectivity index (χ3v) is 8.17. The number of amides is 3. The molecule has 2 unspecified atom stereocenters. The molecule has 40 heavy (non-hydrogen) atoms. The molecule has 204 valence electrons. The van der Waals surface area contributed by atoms with Gasteiger partial charge in [0.15, 0.2) is 5.17 Å². The number of nitrogens with zero attached hydrogens (tertiary/aromatic N) is 3. The summed E-state index contributed by atoms with van der Waals surface area (Å²) in [6.07, 6.45) is 1.13. The molecule has 3 aromatic rings. The summed E-state index contributed by atoms with van der Waals surface area (Å²) in [5, 5.41) is 6.38. The average Bonchev–Trinajstić information content (AvgIpc) is 3.29. The van der Waals surface area contributed by atoms with Gasteiger partial charge in [-0.1, -0.05) is 72.8 Å². The lowest BCUT2D eigenvalue weighted by Crippen LogP contribution is -2.47. The summed E-state index contributed by atoms with van der Waals surface area (Å²) in [6.45, 7) is 2.37. The van der Waals surface area contributed by atoms with Crippen LogP contribution < -0.4 is 10.6 Å². The van der Waals surface area contributed by atoms with E-state index in [1.165, 1.54) is 11.8 Å². The smallest absolute Gasteiger partial charge is 0.271 e. The van der Waals surface area contributed by atoms with Gasteiger partial charge in [-0.3, -0.25) is 19.3 Å². The molecule has 10 heteroatoms. The van der Waals surface area contributed by atoms with Crippen molar-refractivity contribution in [2.24, 2.45) is 9.98 Å². The van der Waals surface area contributed by atoms with Gasteiger partial charge in [-0.15, -0.1) is 0 Å². The molecule has 2 heterocycles. The Hall–Kier alpha value is -3.95. The molecular formula is C30H28ClN5O3S. The highest BCUT2D eigenvalue weighted by Gasteiger charge is 2.43. The lowest BCUT2D eigenvalue weighted by atomic mass is 10.1. The third kappa shape index (κ3) is 6.26. The second-order valence-electron chi connectivity index (χ2n) is 9.37. The Kier molecular flexibility index (Phi) is 8.62.